The van der Waals surface area contributed by atoms with Gasteiger partial charge in [0.25, 0.3) is 0 Å². The van der Waals surface area contributed by atoms with Crippen molar-refractivity contribution < 1.29 is 0 Å². The normalized spacial score (nSPS) is 10.3. The smallest absolute Gasteiger partial charge is 0.106 e. The van der Waals surface area contributed by atoms with E-state index >= 15 is 0 Å². The Hall–Kier alpha value is -0.650. The quantitative estimate of drug-likeness (QED) is 0.653. The van der Waals surface area contributed by atoms with Gasteiger partial charge in [-0.3, -0.25) is 0 Å². The average Bonchev–Trinajstić information content (AvgIpc) is 2.01. The summed E-state index contributed by atoms with van der Waals surface area (Å²) in [6.45, 7) is 0. The van der Waals surface area contributed by atoms with Crippen molar-refractivity contribution in [2.45, 2.75) is 0 Å². The number of thiocarbonyl (C=S) groups is 1. The van der Waals surface area contributed by atoms with Crippen molar-refractivity contribution >= 4 is 38.8 Å². The van der Waals surface area contributed by atoms with E-state index in [1.807, 2.05) is 37.3 Å². The maximum absolute atomic E-state index is 5.60. The molecule has 0 unspecified atom stereocenters. The Balaban J connectivity index is 3.09. The summed E-state index contributed by atoms with van der Waals surface area (Å²) < 4.78 is 0.988. The third-order valence-corrected chi connectivity index (χ3v) is 2.30. The summed E-state index contributed by atoms with van der Waals surface area (Å²) in [5.74, 6) is 0. The van der Waals surface area contributed by atoms with E-state index < -0.39 is 0 Å². The Morgan fingerprint density at radius 1 is 1.50 bits per heavy atom. The number of hydrogen-bond donors (Lipinski definition) is 2. The number of rotatable bonds is 3. The van der Waals surface area contributed by atoms with Gasteiger partial charge in [0.2, 0.25) is 0 Å². The largest absolute Gasteiger partial charge is 0.389 e. The number of nitrogens with zero attached hydrogens (tertiary/aromatic N) is 1. The molecule has 76 valence electrons. The van der Waals surface area contributed by atoms with Gasteiger partial charge < -0.3 is 11.2 Å². The fourth-order valence-electron chi connectivity index (χ4n) is 1.06. The molecular weight excluding hydrogens is 262 g/mol. The van der Waals surface area contributed by atoms with Crippen molar-refractivity contribution in [3.63, 3.8) is 0 Å². The van der Waals surface area contributed by atoms with Crippen molar-refractivity contribution in [2.24, 2.45) is 5.73 Å². The van der Waals surface area contributed by atoms with Crippen LogP contribution in [0.4, 0.5) is 5.69 Å². The van der Waals surface area contributed by atoms with Gasteiger partial charge >= 0.3 is 0 Å². The van der Waals surface area contributed by atoms with Gasteiger partial charge in [-0.25, -0.2) is 5.01 Å². The molecule has 0 bridgehead atoms. The molecular formula is C9H12BrN3S. The molecule has 0 aliphatic heterocycles. The highest BCUT2D eigenvalue weighted by molar-refractivity contribution is 9.10. The van der Waals surface area contributed by atoms with Gasteiger partial charge in [0, 0.05) is 24.1 Å². The van der Waals surface area contributed by atoms with Crippen LogP contribution in [-0.4, -0.2) is 24.1 Å². The molecule has 1 aromatic rings. The summed E-state index contributed by atoms with van der Waals surface area (Å²) in [6.07, 6.45) is 0. The summed E-state index contributed by atoms with van der Waals surface area (Å²) in [5.41, 5.74) is 10.5. The van der Waals surface area contributed by atoms with Gasteiger partial charge in [0.1, 0.15) is 4.99 Å². The minimum atomic E-state index is 0.391. The third-order valence-electron chi connectivity index (χ3n) is 1.59. The molecule has 0 radical (unpaired) electrons. The number of halogens is 1. The molecule has 0 atom stereocenters. The Morgan fingerprint density at radius 3 is 2.64 bits per heavy atom. The van der Waals surface area contributed by atoms with E-state index in [2.05, 4.69) is 21.4 Å². The second kappa shape index (κ2) is 4.72. The van der Waals surface area contributed by atoms with Gasteiger partial charge in [-0.05, 0) is 18.2 Å². The van der Waals surface area contributed by atoms with E-state index in [1.54, 1.807) is 0 Å². The molecule has 3 nitrogen and oxygen atoms in total. The second-order valence-electron chi connectivity index (χ2n) is 3.06. The first-order chi connectivity index (χ1) is 6.50. The lowest BCUT2D eigenvalue weighted by molar-refractivity contribution is 0.495. The fraction of sp³-hybridized carbons (Fsp3) is 0.222. The lowest BCUT2D eigenvalue weighted by Crippen LogP contribution is -2.22. The maximum Gasteiger partial charge on any atom is 0.106 e. The Morgan fingerprint density at radius 2 is 2.14 bits per heavy atom. The molecule has 3 N–H and O–H groups in total. The van der Waals surface area contributed by atoms with E-state index in [0.717, 1.165) is 15.7 Å². The SMILES string of the molecule is CN(C)Nc1cc(Br)ccc1C(N)=S. The minimum Gasteiger partial charge on any atom is -0.389 e. The van der Waals surface area contributed by atoms with Crippen LogP contribution in [0.5, 0.6) is 0 Å². The van der Waals surface area contributed by atoms with Gasteiger partial charge in [-0.1, -0.05) is 28.1 Å². The molecule has 1 aromatic carbocycles. The Kier molecular flexibility index (Phi) is 3.86. The van der Waals surface area contributed by atoms with Crippen molar-refractivity contribution in [3.05, 3.63) is 28.2 Å². The highest BCUT2D eigenvalue weighted by Gasteiger charge is 2.05. The molecule has 0 saturated heterocycles. The molecule has 0 fully saturated rings. The number of nitrogens with two attached hydrogens (primary N) is 1. The summed E-state index contributed by atoms with van der Waals surface area (Å²) >= 11 is 8.34. The summed E-state index contributed by atoms with van der Waals surface area (Å²) in [4.78, 5) is 0.391. The molecule has 14 heavy (non-hydrogen) atoms. The predicted molar refractivity (Wildman–Crippen MR) is 67.3 cm³/mol. The van der Waals surface area contributed by atoms with Crippen molar-refractivity contribution in [3.8, 4) is 0 Å². The highest BCUT2D eigenvalue weighted by Crippen LogP contribution is 2.21. The molecule has 0 aromatic heterocycles. The van der Waals surface area contributed by atoms with Gasteiger partial charge in [0.15, 0.2) is 0 Å². The first-order valence-electron chi connectivity index (χ1n) is 4.04. The first-order valence-corrected chi connectivity index (χ1v) is 5.24. The summed E-state index contributed by atoms with van der Waals surface area (Å²) in [7, 11) is 3.81. The molecule has 5 heteroatoms. The highest BCUT2D eigenvalue weighted by atomic mass is 79.9. The number of hydrogen-bond acceptors (Lipinski definition) is 3. The predicted octanol–water partition coefficient (Wildman–Crippen LogP) is 1.97. The number of anilines is 1. The topological polar surface area (TPSA) is 41.3 Å². The lowest BCUT2D eigenvalue weighted by Gasteiger charge is -2.16. The van der Waals surface area contributed by atoms with Crippen LogP contribution in [0.15, 0.2) is 22.7 Å². The van der Waals surface area contributed by atoms with Crippen molar-refractivity contribution in [1.82, 2.24) is 5.01 Å². The maximum atomic E-state index is 5.60. The zero-order valence-electron chi connectivity index (χ0n) is 8.04. The van der Waals surface area contributed by atoms with Crippen molar-refractivity contribution in [2.75, 3.05) is 19.5 Å². The number of nitrogens with one attached hydrogen (secondary N) is 1. The Bertz CT molecular complexity index is 352. The first kappa shape index (κ1) is 11.4. The van der Waals surface area contributed by atoms with Crippen LogP contribution in [0, 0.1) is 0 Å². The van der Waals surface area contributed by atoms with Crippen LogP contribution in [-0.2, 0) is 0 Å². The molecule has 0 amide bonds. The summed E-state index contributed by atoms with van der Waals surface area (Å²) in [6, 6.07) is 5.74. The number of hydrazine groups is 1. The van der Waals surface area contributed by atoms with E-state index in [1.165, 1.54) is 0 Å². The summed E-state index contributed by atoms with van der Waals surface area (Å²) in [5, 5.41) is 1.84. The lowest BCUT2D eigenvalue weighted by atomic mass is 10.2. The van der Waals surface area contributed by atoms with E-state index in [0.29, 0.717) is 4.99 Å². The van der Waals surface area contributed by atoms with Crippen LogP contribution in [0.3, 0.4) is 0 Å². The van der Waals surface area contributed by atoms with Crippen molar-refractivity contribution in [1.29, 1.82) is 0 Å². The van der Waals surface area contributed by atoms with Crippen LogP contribution in [0.1, 0.15) is 5.56 Å². The molecule has 0 spiro atoms. The zero-order valence-corrected chi connectivity index (χ0v) is 10.4. The van der Waals surface area contributed by atoms with Gasteiger partial charge in [0.05, 0.1) is 5.69 Å². The minimum absolute atomic E-state index is 0.391. The second-order valence-corrected chi connectivity index (χ2v) is 4.42. The average molecular weight is 274 g/mol. The van der Waals surface area contributed by atoms with Crippen LogP contribution in [0.25, 0.3) is 0 Å². The fourth-order valence-corrected chi connectivity index (χ4v) is 1.60. The molecule has 0 aliphatic rings. The monoisotopic (exact) mass is 273 g/mol. The van der Waals surface area contributed by atoms with E-state index in [4.69, 9.17) is 18.0 Å². The van der Waals surface area contributed by atoms with E-state index in [9.17, 15) is 0 Å². The third kappa shape index (κ3) is 2.94. The molecule has 0 aliphatic carbocycles. The molecule has 0 saturated carbocycles. The number of benzene rings is 1. The molecule has 1 rings (SSSR count). The van der Waals surface area contributed by atoms with Crippen LogP contribution >= 0.6 is 28.1 Å². The molecule has 0 heterocycles. The van der Waals surface area contributed by atoms with E-state index in [-0.39, 0.29) is 0 Å². The van der Waals surface area contributed by atoms with Gasteiger partial charge in [-0.15, -0.1) is 0 Å². The zero-order chi connectivity index (χ0) is 10.7. The standard InChI is InChI=1S/C9H12BrN3S/c1-13(2)12-8-5-6(10)3-4-7(8)9(11)14/h3-5,12H,1-2H3,(H2,11,14). The van der Waals surface area contributed by atoms with Crippen LogP contribution in [0.2, 0.25) is 0 Å². The van der Waals surface area contributed by atoms with Crippen LogP contribution < -0.4 is 11.2 Å². The Labute approximate surface area is 97.4 Å². The van der Waals surface area contributed by atoms with Gasteiger partial charge in [-0.2, -0.15) is 0 Å².